The quantitative estimate of drug-likeness (QED) is 0.444. The van der Waals surface area contributed by atoms with Crippen molar-refractivity contribution < 1.29 is 32.2 Å². The molecular formula is C25H29F3N2O4S. The van der Waals surface area contributed by atoms with Crippen molar-refractivity contribution in [2.75, 3.05) is 13.1 Å². The summed E-state index contributed by atoms with van der Waals surface area (Å²) in [7, 11) is 0. The van der Waals surface area contributed by atoms with Crippen molar-refractivity contribution in [1.29, 1.82) is 0 Å². The van der Waals surface area contributed by atoms with Gasteiger partial charge >= 0.3 is 18.2 Å². The van der Waals surface area contributed by atoms with Crippen LogP contribution in [0.15, 0.2) is 23.6 Å². The molecular weight excluding hydrogens is 481 g/mol. The molecule has 2 aliphatic rings. The molecule has 4 rings (SSSR count). The number of benzene rings is 1. The number of amides is 1. The first-order valence-corrected chi connectivity index (χ1v) is 12.9. The minimum absolute atomic E-state index is 0.0261. The van der Waals surface area contributed by atoms with Crippen LogP contribution in [0.3, 0.4) is 0 Å². The summed E-state index contributed by atoms with van der Waals surface area (Å²) >= 11 is 1.50. The lowest BCUT2D eigenvalue weighted by molar-refractivity contribution is -0.149. The molecule has 1 aliphatic carbocycles. The third-order valence-electron chi connectivity index (χ3n) is 6.56. The van der Waals surface area contributed by atoms with E-state index in [2.05, 4.69) is 4.98 Å². The van der Waals surface area contributed by atoms with Gasteiger partial charge in [-0.1, -0.05) is 12.5 Å². The second-order valence-corrected chi connectivity index (χ2v) is 10.1. The van der Waals surface area contributed by atoms with Gasteiger partial charge in [-0.15, -0.1) is 11.3 Å². The molecule has 2 fully saturated rings. The first-order valence-electron chi connectivity index (χ1n) is 12.0. The number of piperidine rings is 1. The molecule has 2 heterocycles. The SMILES string of the molecule is Cc1ccc(C(F)(F)F)cc1OC(=O)N1CCC(c2nc(CC(=O)OC3CCCCC3)cs2)CC1. The minimum Gasteiger partial charge on any atom is -0.462 e. The highest BCUT2D eigenvalue weighted by atomic mass is 32.1. The number of carbonyl (C=O) groups is 2. The average Bonchev–Trinajstić information content (AvgIpc) is 3.28. The average molecular weight is 511 g/mol. The number of aryl methyl sites for hydroxylation is 1. The molecule has 1 aliphatic heterocycles. The van der Waals surface area contributed by atoms with Crippen LogP contribution >= 0.6 is 11.3 Å². The number of rotatable bonds is 5. The molecule has 0 N–H and O–H groups in total. The highest BCUT2D eigenvalue weighted by Gasteiger charge is 2.32. The minimum atomic E-state index is -4.51. The highest BCUT2D eigenvalue weighted by Crippen LogP contribution is 2.34. The second kappa shape index (κ2) is 11.0. The molecule has 0 unspecified atom stereocenters. The van der Waals surface area contributed by atoms with Crippen LogP contribution in [0.4, 0.5) is 18.0 Å². The van der Waals surface area contributed by atoms with E-state index < -0.39 is 17.8 Å². The first-order chi connectivity index (χ1) is 16.7. The number of alkyl halides is 3. The van der Waals surface area contributed by atoms with Gasteiger partial charge in [-0.05, 0) is 63.1 Å². The van der Waals surface area contributed by atoms with Gasteiger partial charge < -0.3 is 14.4 Å². The van der Waals surface area contributed by atoms with Crippen molar-refractivity contribution in [2.45, 2.75) is 76.5 Å². The van der Waals surface area contributed by atoms with Gasteiger partial charge in [-0.25, -0.2) is 9.78 Å². The van der Waals surface area contributed by atoms with Crippen molar-refractivity contribution in [1.82, 2.24) is 9.88 Å². The number of hydrogen-bond donors (Lipinski definition) is 0. The van der Waals surface area contributed by atoms with Crippen LogP contribution in [0.1, 0.15) is 72.7 Å². The molecule has 1 amide bonds. The molecule has 1 saturated heterocycles. The molecule has 6 nitrogen and oxygen atoms in total. The molecule has 1 aromatic carbocycles. The highest BCUT2D eigenvalue weighted by molar-refractivity contribution is 7.09. The van der Waals surface area contributed by atoms with E-state index in [1.807, 2.05) is 5.38 Å². The summed E-state index contributed by atoms with van der Waals surface area (Å²) in [5.74, 6) is -0.171. The monoisotopic (exact) mass is 510 g/mol. The van der Waals surface area contributed by atoms with E-state index in [1.54, 1.807) is 6.92 Å². The Bertz CT molecular complexity index is 1040. The molecule has 1 aromatic heterocycles. The zero-order chi connectivity index (χ0) is 25.0. The topological polar surface area (TPSA) is 68.7 Å². The number of hydrogen-bond acceptors (Lipinski definition) is 6. The fourth-order valence-electron chi connectivity index (χ4n) is 4.50. The molecule has 190 valence electrons. The van der Waals surface area contributed by atoms with Crippen LogP contribution in [0.25, 0.3) is 0 Å². The van der Waals surface area contributed by atoms with Crippen LogP contribution in [0, 0.1) is 6.92 Å². The van der Waals surface area contributed by atoms with Gasteiger partial charge in [0.25, 0.3) is 0 Å². The summed E-state index contributed by atoms with van der Waals surface area (Å²) in [5.41, 5.74) is 0.304. The largest absolute Gasteiger partial charge is 0.462 e. The summed E-state index contributed by atoms with van der Waals surface area (Å²) in [6.45, 7) is 2.43. The Hall–Kier alpha value is -2.62. The lowest BCUT2D eigenvalue weighted by Gasteiger charge is -2.30. The van der Waals surface area contributed by atoms with Gasteiger partial charge in [0.1, 0.15) is 11.9 Å². The van der Waals surface area contributed by atoms with Crippen molar-refractivity contribution in [3.8, 4) is 5.75 Å². The Balaban J connectivity index is 1.27. The molecule has 0 radical (unpaired) electrons. The Labute approximate surface area is 206 Å². The summed E-state index contributed by atoms with van der Waals surface area (Å²) in [4.78, 5) is 31.0. The number of nitrogens with zero attached hydrogens (tertiary/aromatic N) is 2. The van der Waals surface area contributed by atoms with Gasteiger partial charge in [0.15, 0.2) is 0 Å². The van der Waals surface area contributed by atoms with Crippen molar-refractivity contribution in [3.05, 3.63) is 45.4 Å². The summed E-state index contributed by atoms with van der Waals surface area (Å²) in [6, 6.07) is 3.12. The predicted octanol–water partition coefficient (Wildman–Crippen LogP) is 6.27. The molecule has 10 heteroatoms. The number of thiazole rings is 1. The zero-order valence-electron chi connectivity index (χ0n) is 19.6. The molecule has 0 bridgehead atoms. The van der Waals surface area contributed by atoms with Crippen LogP contribution in [-0.2, 0) is 22.1 Å². The molecule has 2 aromatic rings. The molecule has 1 saturated carbocycles. The van der Waals surface area contributed by atoms with E-state index in [-0.39, 0.29) is 30.2 Å². The number of ether oxygens (including phenoxy) is 2. The van der Waals surface area contributed by atoms with Crippen molar-refractivity contribution in [3.63, 3.8) is 0 Å². The van der Waals surface area contributed by atoms with Crippen LogP contribution in [0.5, 0.6) is 5.75 Å². The first kappa shape index (κ1) is 25.5. The van der Waals surface area contributed by atoms with Gasteiger partial charge in [-0.3, -0.25) is 4.79 Å². The maximum absolute atomic E-state index is 13.0. The summed E-state index contributed by atoms with van der Waals surface area (Å²) < 4.78 is 49.8. The van der Waals surface area contributed by atoms with Crippen LogP contribution in [-0.4, -0.2) is 41.1 Å². The van der Waals surface area contributed by atoms with E-state index in [0.29, 0.717) is 37.2 Å². The zero-order valence-corrected chi connectivity index (χ0v) is 20.4. The fraction of sp³-hybridized carbons (Fsp3) is 0.560. The number of halogens is 3. The third-order valence-corrected chi connectivity index (χ3v) is 7.62. The van der Waals surface area contributed by atoms with E-state index in [1.165, 1.54) is 28.7 Å². The maximum atomic E-state index is 13.0. The van der Waals surface area contributed by atoms with Crippen LogP contribution in [0.2, 0.25) is 0 Å². The number of carbonyl (C=O) groups excluding carboxylic acids is 2. The van der Waals surface area contributed by atoms with Gasteiger partial charge in [0.05, 0.1) is 22.7 Å². The van der Waals surface area contributed by atoms with E-state index in [0.717, 1.165) is 42.8 Å². The number of likely N-dealkylation sites (tertiary alicyclic amines) is 1. The van der Waals surface area contributed by atoms with Crippen molar-refractivity contribution >= 4 is 23.4 Å². The van der Waals surface area contributed by atoms with Gasteiger partial charge in [-0.2, -0.15) is 13.2 Å². The number of esters is 1. The summed E-state index contributed by atoms with van der Waals surface area (Å²) in [5, 5.41) is 2.81. The Morgan fingerprint density at radius 2 is 1.83 bits per heavy atom. The molecule has 35 heavy (non-hydrogen) atoms. The molecule has 0 spiro atoms. The standard InChI is InChI=1S/C25H29F3N2O4S/c1-16-7-8-18(25(26,27)28)13-21(16)34-24(32)30-11-9-17(10-12-30)23-29-19(15-35-23)14-22(31)33-20-5-3-2-4-6-20/h7-8,13,15,17,20H,2-6,9-12,14H2,1H3. The lowest BCUT2D eigenvalue weighted by Crippen LogP contribution is -2.39. The Morgan fingerprint density at radius 1 is 1.11 bits per heavy atom. The van der Waals surface area contributed by atoms with Gasteiger partial charge in [0, 0.05) is 24.4 Å². The van der Waals surface area contributed by atoms with Gasteiger partial charge in [0.2, 0.25) is 0 Å². The van der Waals surface area contributed by atoms with E-state index >= 15 is 0 Å². The Kier molecular flexibility index (Phi) is 7.98. The van der Waals surface area contributed by atoms with E-state index in [4.69, 9.17) is 9.47 Å². The normalized spacial score (nSPS) is 17.9. The Morgan fingerprint density at radius 3 is 2.51 bits per heavy atom. The van der Waals surface area contributed by atoms with E-state index in [9.17, 15) is 22.8 Å². The maximum Gasteiger partial charge on any atom is 0.416 e. The summed E-state index contributed by atoms with van der Waals surface area (Å²) in [6.07, 6.45) is 1.62. The van der Waals surface area contributed by atoms with Crippen LogP contribution < -0.4 is 4.74 Å². The smallest absolute Gasteiger partial charge is 0.416 e. The predicted molar refractivity (Wildman–Crippen MR) is 125 cm³/mol. The number of aromatic nitrogens is 1. The second-order valence-electron chi connectivity index (χ2n) is 9.21. The molecule has 0 atom stereocenters. The third kappa shape index (κ3) is 6.74. The lowest BCUT2D eigenvalue weighted by atomic mass is 9.98. The van der Waals surface area contributed by atoms with Crippen molar-refractivity contribution in [2.24, 2.45) is 0 Å². The fourth-order valence-corrected chi connectivity index (χ4v) is 5.49.